The zero-order valence-electron chi connectivity index (χ0n) is 19.8. The van der Waals surface area contributed by atoms with Crippen molar-refractivity contribution in [2.24, 2.45) is 0 Å². The van der Waals surface area contributed by atoms with Gasteiger partial charge in [-0.3, -0.25) is 0 Å². The highest BCUT2D eigenvalue weighted by molar-refractivity contribution is 6.28. The largest absolute Gasteiger partial charge is 0.323 e. The summed E-state index contributed by atoms with van der Waals surface area (Å²) in [6.45, 7) is 0. The summed E-state index contributed by atoms with van der Waals surface area (Å²) in [6, 6.07) is 40.0. The van der Waals surface area contributed by atoms with E-state index in [0.29, 0.717) is 11.9 Å². The molecule has 0 aliphatic carbocycles. The summed E-state index contributed by atoms with van der Waals surface area (Å²) in [7, 11) is 0. The number of anilines is 3. The van der Waals surface area contributed by atoms with Gasteiger partial charge in [0, 0.05) is 5.39 Å². The van der Waals surface area contributed by atoms with E-state index in [0.717, 1.165) is 33.1 Å². The van der Waals surface area contributed by atoms with E-state index in [-0.39, 0.29) is 0 Å². The van der Waals surface area contributed by atoms with Gasteiger partial charge >= 0.3 is 0 Å². The van der Waals surface area contributed by atoms with Crippen LogP contribution < -0.4 is 4.90 Å². The van der Waals surface area contributed by atoms with E-state index in [4.69, 9.17) is 9.97 Å². The molecule has 0 fully saturated rings. The summed E-state index contributed by atoms with van der Waals surface area (Å²) in [4.78, 5) is 19.2. The van der Waals surface area contributed by atoms with Crippen LogP contribution in [0.3, 0.4) is 0 Å². The molecular formula is C32H21N5. The number of nitrogens with one attached hydrogen (secondary N) is 2. The van der Waals surface area contributed by atoms with Crippen LogP contribution in [-0.2, 0) is 0 Å². The van der Waals surface area contributed by atoms with E-state index in [1.807, 2.05) is 36.4 Å². The number of imidazole rings is 2. The minimum Gasteiger partial charge on any atom is -0.323 e. The van der Waals surface area contributed by atoms with Gasteiger partial charge in [0.1, 0.15) is 0 Å². The van der Waals surface area contributed by atoms with Gasteiger partial charge in [-0.1, -0.05) is 84.9 Å². The summed E-state index contributed by atoms with van der Waals surface area (Å²) in [5.41, 5.74) is 4.80. The molecule has 0 aliphatic heterocycles. The van der Waals surface area contributed by atoms with Crippen LogP contribution >= 0.6 is 0 Å². The Bertz CT molecular complexity index is 1930. The van der Waals surface area contributed by atoms with Gasteiger partial charge in [-0.2, -0.15) is 0 Å². The molecule has 2 aromatic heterocycles. The smallest absolute Gasteiger partial charge is 0.215 e. The molecule has 0 unspecified atom stereocenters. The fraction of sp³-hybridized carbons (Fsp3) is 0. The lowest BCUT2D eigenvalue weighted by Gasteiger charge is -2.23. The topological polar surface area (TPSA) is 60.6 Å². The average molecular weight is 476 g/mol. The Morgan fingerprint density at radius 3 is 1.41 bits per heavy atom. The van der Waals surface area contributed by atoms with E-state index < -0.39 is 0 Å². The number of hydrogen-bond donors (Lipinski definition) is 2. The monoisotopic (exact) mass is 475 g/mol. The molecule has 0 saturated heterocycles. The maximum Gasteiger partial charge on any atom is 0.215 e. The minimum atomic E-state index is 0.713. The molecule has 0 atom stereocenters. The van der Waals surface area contributed by atoms with Gasteiger partial charge in [-0.05, 0) is 57.3 Å². The molecule has 0 aliphatic rings. The number of aromatic nitrogens is 4. The fourth-order valence-electron chi connectivity index (χ4n) is 5.54. The Hall–Kier alpha value is -5.16. The highest BCUT2D eigenvalue weighted by Crippen LogP contribution is 2.43. The second-order valence-corrected chi connectivity index (χ2v) is 9.28. The molecule has 2 heterocycles. The maximum atomic E-state index is 5.00. The fourth-order valence-corrected chi connectivity index (χ4v) is 5.54. The van der Waals surface area contributed by atoms with Crippen LogP contribution in [0.15, 0.2) is 115 Å². The Labute approximate surface area is 212 Å². The zero-order chi connectivity index (χ0) is 24.3. The van der Waals surface area contributed by atoms with Crippen molar-refractivity contribution in [2.45, 2.75) is 0 Å². The number of H-pyrrole nitrogens is 2. The lowest BCUT2D eigenvalue weighted by Crippen LogP contribution is -2.13. The number of benzene rings is 6. The predicted octanol–water partition coefficient (Wildman–Crippen LogP) is 8.37. The molecular weight excluding hydrogens is 454 g/mol. The molecule has 0 amide bonds. The summed E-state index contributed by atoms with van der Waals surface area (Å²) in [5.74, 6) is 1.43. The van der Waals surface area contributed by atoms with E-state index in [1.54, 1.807) is 0 Å². The first-order valence-corrected chi connectivity index (χ1v) is 12.4. The van der Waals surface area contributed by atoms with Crippen molar-refractivity contribution in [1.29, 1.82) is 0 Å². The van der Waals surface area contributed by atoms with Crippen molar-refractivity contribution in [3.8, 4) is 0 Å². The first kappa shape index (κ1) is 20.1. The van der Waals surface area contributed by atoms with Crippen molar-refractivity contribution < 1.29 is 0 Å². The van der Waals surface area contributed by atoms with Gasteiger partial charge in [-0.15, -0.1) is 0 Å². The van der Waals surface area contributed by atoms with Gasteiger partial charge < -0.3 is 9.97 Å². The number of nitrogens with zero attached hydrogens (tertiary/aromatic N) is 3. The first-order valence-electron chi connectivity index (χ1n) is 12.4. The molecule has 0 saturated carbocycles. The Morgan fingerprint density at radius 1 is 0.432 bits per heavy atom. The second-order valence-electron chi connectivity index (χ2n) is 9.28. The van der Waals surface area contributed by atoms with Crippen molar-refractivity contribution >= 4 is 72.0 Å². The van der Waals surface area contributed by atoms with Gasteiger partial charge in [-0.25, -0.2) is 14.9 Å². The van der Waals surface area contributed by atoms with Crippen LogP contribution in [0, 0.1) is 0 Å². The standard InChI is InChI=1S/C32H21N5/c1-2-11-22-20(10-1)21-12-3-4-13-23(21)30-24(22)14-9-19-29(30)37(31-33-25-15-5-6-16-26(25)34-31)32-35-27-17-7-8-18-28(27)36-32/h1-19H,(H,33,34)(H,35,36). The Balaban J connectivity index is 1.52. The average Bonchev–Trinajstić information content (AvgIpc) is 3.57. The van der Waals surface area contributed by atoms with Crippen molar-refractivity contribution in [3.05, 3.63) is 115 Å². The molecule has 174 valence electrons. The van der Waals surface area contributed by atoms with E-state index in [2.05, 4.69) is 93.7 Å². The van der Waals surface area contributed by atoms with Crippen molar-refractivity contribution in [3.63, 3.8) is 0 Å². The second kappa shape index (κ2) is 7.67. The summed E-state index contributed by atoms with van der Waals surface area (Å²) in [6.07, 6.45) is 0. The molecule has 0 radical (unpaired) electrons. The quantitative estimate of drug-likeness (QED) is 0.252. The number of aromatic amines is 2. The third-order valence-electron chi connectivity index (χ3n) is 7.16. The van der Waals surface area contributed by atoms with Crippen LogP contribution in [0.2, 0.25) is 0 Å². The normalized spacial score (nSPS) is 11.8. The summed E-state index contributed by atoms with van der Waals surface area (Å²) in [5, 5.41) is 7.27. The third-order valence-corrected chi connectivity index (χ3v) is 7.16. The zero-order valence-corrected chi connectivity index (χ0v) is 19.8. The Kier molecular flexibility index (Phi) is 4.16. The van der Waals surface area contributed by atoms with E-state index in [9.17, 15) is 0 Å². The Morgan fingerprint density at radius 2 is 0.865 bits per heavy atom. The van der Waals surface area contributed by atoms with Gasteiger partial charge in [0.05, 0.1) is 27.8 Å². The maximum absolute atomic E-state index is 5.00. The van der Waals surface area contributed by atoms with Gasteiger partial charge in [0.15, 0.2) is 0 Å². The van der Waals surface area contributed by atoms with E-state index >= 15 is 0 Å². The summed E-state index contributed by atoms with van der Waals surface area (Å²) < 4.78 is 0. The summed E-state index contributed by atoms with van der Waals surface area (Å²) >= 11 is 0. The lowest BCUT2D eigenvalue weighted by molar-refractivity contribution is 1.10. The molecule has 37 heavy (non-hydrogen) atoms. The van der Waals surface area contributed by atoms with Gasteiger partial charge in [0.25, 0.3) is 0 Å². The molecule has 0 bridgehead atoms. The van der Waals surface area contributed by atoms with E-state index in [1.165, 1.54) is 26.9 Å². The molecule has 8 aromatic rings. The lowest BCUT2D eigenvalue weighted by atomic mass is 9.93. The highest BCUT2D eigenvalue weighted by Gasteiger charge is 2.23. The number of hydrogen-bond acceptors (Lipinski definition) is 3. The molecule has 8 rings (SSSR count). The first-order chi connectivity index (χ1) is 18.3. The van der Waals surface area contributed by atoms with Crippen LogP contribution in [0.5, 0.6) is 0 Å². The van der Waals surface area contributed by atoms with Crippen molar-refractivity contribution in [1.82, 2.24) is 19.9 Å². The van der Waals surface area contributed by atoms with Crippen LogP contribution in [-0.4, -0.2) is 19.9 Å². The third kappa shape index (κ3) is 2.98. The predicted molar refractivity (Wildman–Crippen MR) is 153 cm³/mol. The van der Waals surface area contributed by atoms with Crippen molar-refractivity contribution in [2.75, 3.05) is 4.90 Å². The molecule has 6 aromatic carbocycles. The highest BCUT2D eigenvalue weighted by atomic mass is 15.3. The van der Waals surface area contributed by atoms with Crippen LogP contribution in [0.25, 0.3) is 54.4 Å². The van der Waals surface area contributed by atoms with Crippen LogP contribution in [0.4, 0.5) is 17.6 Å². The molecule has 5 heteroatoms. The number of fused-ring (bicyclic) bond motifs is 8. The SMILES string of the molecule is c1ccc2[nH]c(N(c3nc4ccccc4[nH]3)c3cccc4c5ccccc5c5ccccc5c34)nc2c1. The van der Waals surface area contributed by atoms with Crippen LogP contribution in [0.1, 0.15) is 0 Å². The minimum absolute atomic E-state index is 0.713. The van der Waals surface area contributed by atoms with Gasteiger partial charge in [0.2, 0.25) is 11.9 Å². The molecule has 5 nitrogen and oxygen atoms in total. The molecule has 0 spiro atoms. The number of rotatable bonds is 3. The molecule has 2 N–H and O–H groups in total. The number of para-hydroxylation sites is 4.